The molecule has 0 heterocycles. The van der Waals surface area contributed by atoms with Crippen molar-refractivity contribution in [1.29, 1.82) is 0 Å². The topological polar surface area (TPSA) is 0 Å². The normalized spacial score (nSPS) is 14.6. The van der Waals surface area contributed by atoms with Crippen molar-refractivity contribution < 1.29 is 0 Å². The van der Waals surface area contributed by atoms with Crippen LogP contribution in [0.3, 0.4) is 0 Å². The van der Waals surface area contributed by atoms with Gasteiger partial charge in [0.1, 0.15) is 0 Å². The Hall–Kier alpha value is 0. The molecule has 0 heteroatoms. The van der Waals surface area contributed by atoms with Gasteiger partial charge in [-0.05, 0) is 23.7 Å². The van der Waals surface area contributed by atoms with Gasteiger partial charge in [-0.3, -0.25) is 0 Å². The Bertz CT molecular complexity index is 352. The smallest absolute Gasteiger partial charge is 0.0355 e. The molecule has 0 N–H and O–H groups in total. The molecule has 0 aliphatic heterocycles. The maximum absolute atomic E-state index is 2.51. The van der Waals surface area contributed by atoms with Crippen LogP contribution in [0.4, 0.5) is 0 Å². The Morgan fingerprint density at radius 3 is 1.06 bits per heavy atom. The summed E-state index contributed by atoms with van der Waals surface area (Å²) >= 11 is 0. The Morgan fingerprint density at radius 2 is 0.706 bits per heavy atom. The lowest BCUT2D eigenvalue weighted by atomic mass is 9.67. The summed E-state index contributed by atoms with van der Waals surface area (Å²) in [4.78, 5) is 0. The lowest BCUT2D eigenvalue weighted by Crippen LogP contribution is -2.29. The van der Waals surface area contributed by atoms with Gasteiger partial charge in [-0.1, -0.05) is 196 Å². The molecule has 3 atom stereocenters. The molecule has 0 aliphatic rings. The molecule has 0 radical (unpaired) electrons. The van der Waals surface area contributed by atoms with Crippen LogP contribution in [0.5, 0.6) is 0 Å². The van der Waals surface area contributed by atoms with Crippen LogP contribution in [0, 0.1) is 23.7 Å². The van der Waals surface area contributed by atoms with E-state index in [0.717, 1.165) is 23.7 Å². The Kier molecular flexibility index (Phi) is 26.1. The number of unbranched alkanes of at least 4 members (excludes halogenated alkanes) is 14. The molecular weight excluding hydrogens is 408 g/mol. The molecule has 206 valence electrons. The summed E-state index contributed by atoms with van der Waals surface area (Å²) in [5.41, 5.74) is 0. The SMILES string of the molecule is CCCCCCCCCCC(CCCCCCCCCC)C(CCC)C(CC)C(CC)CCC. The fraction of sp³-hybridized carbons (Fsp3) is 1.00. The summed E-state index contributed by atoms with van der Waals surface area (Å²) in [5.74, 6) is 3.92. The molecule has 0 rings (SSSR count). The lowest BCUT2D eigenvalue weighted by Gasteiger charge is -2.38. The van der Waals surface area contributed by atoms with E-state index in [0.29, 0.717) is 0 Å². The third-order valence-corrected chi connectivity index (χ3v) is 8.90. The first kappa shape index (κ1) is 34.0. The first-order valence-electron chi connectivity index (χ1n) is 16.7. The molecule has 0 saturated heterocycles. The quantitative estimate of drug-likeness (QED) is 0.103. The minimum atomic E-state index is 0.964. The fourth-order valence-electron chi connectivity index (χ4n) is 6.86. The van der Waals surface area contributed by atoms with E-state index in [1.165, 1.54) is 154 Å². The highest BCUT2D eigenvalue weighted by Crippen LogP contribution is 2.41. The summed E-state index contributed by atoms with van der Waals surface area (Å²) in [7, 11) is 0. The predicted molar refractivity (Wildman–Crippen MR) is 159 cm³/mol. The number of hydrogen-bond acceptors (Lipinski definition) is 0. The fourth-order valence-corrected chi connectivity index (χ4v) is 6.86. The van der Waals surface area contributed by atoms with Crippen molar-refractivity contribution in [2.75, 3.05) is 0 Å². The van der Waals surface area contributed by atoms with Gasteiger partial charge in [0, 0.05) is 0 Å². The molecule has 0 spiro atoms. The second-order valence-electron chi connectivity index (χ2n) is 11.8. The van der Waals surface area contributed by atoms with Gasteiger partial charge in [-0.2, -0.15) is 0 Å². The monoisotopic (exact) mass is 479 g/mol. The van der Waals surface area contributed by atoms with Crippen LogP contribution in [0.2, 0.25) is 0 Å². The van der Waals surface area contributed by atoms with Crippen molar-refractivity contribution in [2.24, 2.45) is 23.7 Å². The van der Waals surface area contributed by atoms with Crippen LogP contribution in [0.1, 0.15) is 196 Å². The summed E-state index contributed by atoms with van der Waals surface area (Å²) < 4.78 is 0. The molecular formula is C34H70. The van der Waals surface area contributed by atoms with E-state index < -0.39 is 0 Å². The van der Waals surface area contributed by atoms with E-state index >= 15 is 0 Å². The zero-order chi connectivity index (χ0) is 25.3. The Balaban J connectivity index is 4.85. The minimum Gasteiger partial charge on any atom is -0.0654 e. The number of hydrogen-bond donors (Lipinski definition) is 0. The maximum Gasteiger partial charge on any atom is -0.0355 e. The zero-order valence-corrected chi connectivity index (χ0v) is 25.3. The summed E-state index contributed by atoms with van der Waals surface area (Å²) in [6.45, 7) is 14.5. The summed E-state index contributed by atoms with van der Waals surface area (Å²) in [6, 6.07) is 0. The molecule has 0 aromatic carbocycles. The van der Waals surface area contributed by atoms with E-state index in [9.17, 15) is 0 Å². The molecule has 0 amide bonds. The van der Waals surface area contributed by atoms with Crippen LogP contribution in [0.25, 0.3) is 0 Å². The van der Waals surface area contributed by atoms with Gasteiger partial charge < -0.3 is 0 Å². The van der Waals surface area contributed by atoms with Crippen LogP contribution >= 0.6 is 0 Å². The number of rotatable bonds is 27. The van der Waals surface area contributed by atoms with Gasteiger partial charge in [0.25, 0.3) is 0 Å². The van der Waals surface area contributed by atoms with Crippen molar-refractivity contribution in [3.8, 4) is 0 Å². The second-order valence-corrected chi connectivity index (χ2v) is 11.8. The van der Waals surface area contributed by atoms with Crippen LogP contribution in [-0.2, 0) is 0 Å². The summed E-state index contributed by atoms with van der Waals surface area (Å²) in [6.07, 6.45) is 34.9. The first-order valence-corrected chi connectivity index (χ1v) is 16.7. The van der Waals surface area contributed by atoms with Gasteiger partial charge in [0.15, 0.2) is 0 Å². The largest absolute Gasteiger partial charge is 0.0654 e. The Labute approximate surface area is 219 Å². The zero-order valence-electron chi connectivity index (χ0n) is 25.3. The molecule has 0 bridgehead atoms. The molecule has 0 aromatic heterocycles. The van der Waals surface area contributed by atoms with E-state index in [2.05, 4.69) is 41.5 Å². The maximum atomic E-state index is 2.51. The highest BCUT2D eigenvalue weighted by Gasteiger charge is 2.31. The molecule has 0 fully saturated rings. The third-order valence-electron chi connectivity index (χ3n) is 8.90. The third kappa shape index (κ3) is 17.4. The van der Waals surface area contributed by atoms with E-state index in [1.54, 1.807) is 0 Å². The van der Waals surface area contributed by atoms with Crippen molar-refractivity contribution >= 4 is 0 Å². The van der Waals surface area contributed by atoms with E-state index in [1.807, 2.05) is 0 Å². The van der Waals surface area contributed by atoms with Crippen molar-refractivity contribution in [3.05, 3.63) is 0 Å². The minimum absolute atomic E-state index is 0.964. The van der Waals surface area contributed by atoms with E-state index in [-0.39, 0.29) is 0 Å². The highest BCUT2D eigenvalue weighted by atomic mass is 14.4. The average molecular weight is 479 g/mol. The highest BCUT2D eigenvalue weighted by molar-refractivity contribution is 4.81. The molecule has 34 heavy (non-hydrogen) atoms. The van der Waals surface area contributed by atoms with Crippen molar-refractivity contribution in [1.82, 2.24) is 0 Å². The molecule has 3 unspecified atom stereocenters. The standard InChI is InChI=1S/C34H70/c1-7-13-15-17-19-21-23-25-29-32(30-26-24-22-20-18-16-14-8-2)34(28-10-4)33(12-6)31(11-5)27-9-3/h31-34H,7-30H2,1-6H3. The first-order chi connectivity index (χ1) is 16.7. The Morgan fingerprint density at radius 1 is 0.294 bits per heavy atom. The molecule has 0 aromatic rings. The van der Waals surface area contributed by atoms with Gasteiger partial charge in [0.2, 0.25) is 0 Å². The van der Waals surface area contributed by atoms with Gasteiger partial charge in [0.05, 0.1) is 0 Å². The average Bonchev–Trinajstić information content (AvgIpc) is 2.85. The van der Waals surface area contributed by atoms with Crippen LogP contribution in [0.15, 0.2) is 0 Å². The molecule has 0 saturated carbocycles. The van der Waals surface area contributed by atoms with Gasteiger partial charge >= 0.3 is 0 Å². The van der Waals surface area contributed by atoms with Gasteiger partial charge in [-0.15, -0.1) is 0 Å². The lowest BCUT2D eigenvalue weighted by molar-refractivity contribution is 0.117. The van der Waals surface area contributed by atoms with Crippen LogP contribution < -0.4 is 0 Å². The van der Waals surface area contributed by atoms with Crippen molar-refractivity contribution in [3.63, 3.8) is 0 Å². The van der Waals surface area contributed by atoms with E-state index in [4.69, 9.17) is 0 Å². The second kappa shape index (κ2) is 26.1. The predicted octanol–water partition coefficient (Wildman–Crippen LogP) is 12.9. The molecule has 0 aliphatic carbocycles. The summed E-state index contributed by atoms with van der Waals surface area (Å²) in [5, 5.41) is 0. The van der Waals surface area contributed by atoms with Gasteiger partial charge in [-0.25, -0.2) is 0 Å². The van der Waals surface area contributed by atoms with Crippen LogP contribution in [-0.4, -0.2) is 0 Å². The molecule has 0 nitrogen and oxygen atoms in total. The van der Waals surface area contributed by atoms with Crippen molar-refractivity contribution in [2.45, 2.75) is 196 Å².